The van der Waals surface area contributed by atoms with Crippen LogP contribution < -0.4 is 10.2 Å². The molecule has 1 amide bonds. The maximum Gasteiger partial charge on any atom is 0.410 e. The van der Waals surface area contributed by atoms with Crippen LogP contribution in [0.25, 0.3) is 5.69 Å². The maximum absolute atomic E-state index is 14.9. The number of nitrogens with zero attached hydrogens (tertiary/aromatic N) is 5. The lowest BCUT2D eigenvalue weighted by Crippen LogP contribution is -2.50. The smallest absolute Gasteiger partial charge is 0.410 e. The average molecular weight is 451 g/mol. The fraction of sp³-hybridized carbons (Fsp3) is 0.500. The van der Waals surface area contributed by atoms with E-state index in [0.29, 0.717) is 49.8 Å². The van der Waals surface area contributed by atoms with Gasteiger partial charge in [0.2, 0.25) is 0 Å². The fourth-order valence-corrected chi connectivity index (χ4v) is 3.16. The molecule has 2 heterocycles. The third-order valence-corrected chi connectivity index (χ3v) is 4.92. The van der Waals surface area contributed by atoms with Gasteiger partial charge in [0, 0.05) is 32.2 Å². The summed E-state index contributed by atoms with van der Waals surface area (Å²) in [5.74, 6) is -0.362. The van der Waals surface area contributed by atoms with Gasteiger partial charge in [-0.15, -0.1) is 5.10 Å². The Hall–Kier alpha value is -2.95. The van der Waals surface area contributed by atoms with Crippen molar-refractivity contribution in [1.82, 2.24) is 25.2 Å². The molecule has 0 aliphatic carbocycles. The fourth-order valence-electron chi connectivity index (χ4n) is 3.09. The highest BCUT2D eigenvalue weighted by Crippen LogP contribution is 2.24. The molecular formula is C20H27FN6O3S. The standard InChI is InChI=1S/C20H27FN6O3S/c1-20(2,3)30-19(28)26-9-7-25(8-10-26)17-6-5-15(11-16(17)21)27-13-14(23-24-27)12-22-18(31)29-4/h5-6,11,13H,7-10,12H2,1-4H3,(H,22,31). The second kappa shape index (κ2) is 9.46. The Morgan fingerprint density at radius 2 is 1.97 bits per heavy atom. The first kappa shape index (κ1) is 22.7. The van der Waals surface area contributed by atoms with Gasteiger partial charge in [0.25, 0.3) is 5.17 Å². The molecule has 0 unspecified atom stereocenters. The van der Waals surface area contributed by atoms with E-state index in [-0.39, 0.29) is 17.1 Å². The number of ether oxygens (including phenoxy) is 2. The Balaban J connectivity index is 1.61. The minimum Gasteiger partial charge on any atom is -0.474 e. The topological polar surface area (TPSA) is 84.8 Å². The minimum absolute atomic E-state index is 0.261. The monoisotopic (exact) mass is 450 g/mol. The number of anilines is 1. The Bertz CT molecular complexity index is 937. The van der Waals surface area contributed by atoms with Crippen molar-refractivity contribution in [3.05, 3.63) is 35.9 Å². The number of amides is 1. The first-order chi connectivity index (χ1) is 14.7. The molecule has 168 valence electrons. The summed E-state index contributed by atoms with van der Waals surface area (Å²) < 4.78 is 26.6. The molecule has 3 rings (SSSR count). The van der Waals surface area contributed by atoms with E-state index in [4.69, 9.17) is 21.7 Å². The minimum atomic E-state index is -0.539. The zero-order valence-electron chi connectivity index (χ0n) is 18.1. The molecule has 0 spiro atoms. The van der Waals surface area contributed by atoms with E-state index in [1.807, 2.05) is 25.7 Å². The van der Waals surface area contributed by atoms with Gasteiger partial charge in [-0.1, -0.05) is 5.21 Å². The maximum atomic E-state index is 14.9. The van der Waals surface area contributed by atoms with Crippen LogP contribution in [0.2, 0.25) is 0 Å². The molecule has 1 aromatic carbocycles. The molecule has 1 saturated heterocycles. The van der Waals surface area contributed by atoms with Crippen molar-refractivity contribution in [1.29, 1.82) is 0 Å². The van der Waals surface area contributed by atoms with Crippen molar-refractivity contribution >= 4 is 29.2 Å². The normalized spacial score (nSPS) is 14.4. The van der Waals surface area contributed by atoms with Crippen molar-refractivity contribution in [3.63, 3.8) is 0 Å². The van der Waals surface area contributed by atoms with Gasteiger partial charge in [-0.2, -0.15) is 0 Å². The predicted octanol–water partition coefficient (Wildman–Crippen LogP) is 2.48. The molecule has 0 atom stereocenters. The number of hydrogen-bond donors (Lipinski definition) is 1. The van der Waals surface area contributed by atoms with Gasteiger partial charge in [-0.3, -0.25) is 0 Å². The number of hydrogen-bond acceptors (Lipinski definition) is 7. The number of piperazine rings is 1. The van der Waals surface area contributed by atoms with Crippen LogP contribution in [0.4, 0.5) is 14.9 Å². The van der Waals surface area contributed by atoms with Crippen molar-refractivity contribution in [2.75, 3.05) is 38.2 Å². The number of rotatable bonds is 4. The summed E-state index contributed by atoms with van der Waals surface area (Å²) in [5.41, 5.74) is 1.15. The number of thiocarbonyl (C=S) groups is 1. The molecule has 1 aliphatic heterocycles. The first-order valence-electron chi connectivity index (χ1n) is 9.92. The number of benzene rings is 1. The summed E-state index contributed by atoms with van der Waals surface area (Å²) in [7, 11) is 1.48. The van der Waals surface area contributed by atoms with E-state index in [2.05, 4.69) is 15.6 Å². The van der Waals surface area contributed by atoms with E-state index in [1.54, 1.807) is 23.2 Å². The Labute approximate surface area is 186 Å². The van der Waals surface area contributed by atoms with E-state index < -0.39 is 5.60 Å². The molecule has 2 aromatic rings. The third-order valence-electron chi connectivity index (χ3n) is 4.61. The van der Waals surface area contributed by atoms with E-state index >= 15 is 0 Å². The van der Waals surface area contributed by atoms with E-state index in [9.17, 15) is 9.18 Å². The molecule has 11 heteroatoms. The lowest BCUT2D eigenvalue weighted by Gasteiger charge is -2.36. The Morgan fingerprint density at radius 1 is 1.26 bits per heavy atom. The second-order valence-corrected chi connectivity index (χ2v) is 8.46. The lowest BCUT2D eigenvalue weighted by molar-refractivity contribution is 0.0240. The summed E-state index contributed by atoms with van der Waals surface area (Å²) in [6.45, 7) is 7.85. The number of carbonyl (C=O) groups excluding carboxylic acids is 1. The highest BCUT2D eigenvalue weighted by atomic mass is 32.1. The van der Waals surface area contributed by atoms with E-state index in [1.165, 1.54) is 17.9 Å². The quantitative estimate of drug-likeness (QED) is 0.712. The zero-order valence-corrected chi connectivity index (χ0v) is 18.9. The van der Waals surface area contributed by atoms with Gasteiger partial charge in [-0.05, 0) is 45.1 Å². The molecule has 1 N–H and O–H groups in total. The van der Waals surface area contributed by atoms with E-state index in [0.717, 1.165) is 0 Å². The Morgan fingerprint density at radius 3 is 2.58 bits per heavy atom. The summed E-state index contributed by atoms with van der Waals surface area (Å²) >= 11 is 4.92. The summed E-state index contributed by atoms with van der Waals surface area (Å²) in [6.07, 6.45) is 1.35. The number of methoxy groups -OCH3 is 1. The molecule has 0 saturated carbocycles. The Kier molecular flexibility index (Phi) is 6.94. The van der Waals surface area contributed by atoms with Crippen LogP contribution in [0.15, 0.2) is 24.4 Å². The van der Waals surface area contributed by atoms with Crippen LogP contribution in [-0.2, 0) is 16.0 Å². The highest BCUT2D eigenvalue weighted by molar-refractivity contribution is 7.80. The van der Waals surface area contributed by atoms with Gasteiger partial charge in [0.05, 0.1) is 31.2 Å². The van der Waals surface area contributed by atoms with Crippen molar-refractivity contribution < 1.29 is 18.7 Å². The molecule has 9 nitrogen and oxygen atoms in total. The van der Waals surface area contributed by atoms with Gasteiger partial charge in [0.15, 0.2) is 0 Å². The van der Waals surface area contributed by atoms with Gasteiger partial charge in [-0.25, -0.2) is 13.9 Å². The van der Waals surface area contributed by atoms with Crippen LogP contribution in [0.3, 0.4) is 0 Å². The number of carbonyl (C=O) groups is 1. The summed E-state index contributed by atoms with van der Waals surface area (Å²) in [4.78, 5) is 15.8. The molecule has 0 radical (unpaired) electrons. The second-order valence-electron chi connectivity index (χ2n) is 8.09. The van der Waals surface area contributed by atoms with Crippen LogP contribution in [0.1, 0.15) is 26.5 Å². The largest absolute Gasteiger partial charge is 0.474 e. The predicted molar refractivity (Wildman–Crippen MR) is 118 cm³/mol. The van der Waals surface area contributed by atoms with Crippen LogP contribution in [0, 0.1) is 5.82 Å². The van der Waals surface area contributed by atoms with Crippen molar-refractivity contribution in [2.24, 2.45) is 0 Å². The number of nitrogens with one attached hydrogen (secondary N) is 1. The highest BCUT2D eigenvalue weighted by Gasteiger charge is 2.26. The molecule has 1 fully saturated rings. The average Bonchev–Trinajstić information content (AvgIpc) is 3.20. The number of aromatic nitrogens is 3. The number of halogens is 1. The van der Waals surface area contributed by atoms with Gasteiger partial charge >= 0.3 is 6.09 Å². The molecule has 1 aromatic heterocycles. The van der Waals surface area contributed by atoms with Crippen molar-refractivity contribution in [2.45, 2.75) is 32.9 Å². The molecular weight excluding hydrogens is 423 g/mol. The van der Waals surface area contributed by atoms with Crippen LogP contribution >= 0.6 is 12.2 Å². The first-order valence-corrected chi connectivity index (χ1v) is 10.3. The molecule has 0 bridgehead atoms. The van der Waals surface area contributed by atoms with Crippen LogP contribution in [0.5, 0.6) is 0 Å². The summed E-state index contributed by atoms with van der Waals surface area (Å²) in [6, 6.07) is 4.92. The zero-order chi connectivity index (χ0) is 22.6. The molecule has 31 heavy (non-hydrogen) atoms. The van der Waals surface area contributed by atoms with Crippen LogP contribution in [-0.4, -0.2) is 70.1 Å². The van der Waals surface area contributed by atoms with Gasteiger partial charge in [0.1, 0.15) is 17.1 Å². The third kappa shape index (κ3) is 6.03. The molecule has 1 aliphatic rings. The SMILES string of the molecule is COC(=S)NCc1cn(-c2ccc(N3CCN(C(=O)OC(C)(C)C)CC3)c(F)c2)nn1. The van der Waals surface area contributed by atoms with Gasteiger partial charge < -0.3 is 24.6 Å². The van der Waals surface area contributed by atoms with Crippen molar-refractivity contribution in [3.8, 4) is 5.69 Å². The summed E-state index contributed by atoms with van der Waals surface area (Å²) in [5, 5.41) is 11.2. The lowest BCUT2D eigenvalue weighted by atomic mass is 10.2.